The van der Waals surface area contributed by atoms with Crippen LogP contribution >= 0.6 is 12.6 Å². The minimum atomic E-state index is -0.284. The molecule has 6 nitrogen and oxygen atoms in total. The van der Waals surface area contributed by atoms with Gasteiger partial charge in [-0.15, -0.1) is 0 Å². The van der Waals surface area contributed by atoms with Crippen LogP contribution in [0.15, 0.2) is 24.8 Å². The van der Waals surface area contributed by atoms with Crippen LogP contribution in [0.25, 0.3) is 0 Å². The summed E-state index contributed by atoms with van der Waals surface area (Å²) in [5, 5.41) is 17.8. The monoisotopic (exact) mass is 335 g/mol. The summed E-state index contributed by atoms with van der Waals surface area (Å²) in [6.45, 7) is 11.3. The van der Waals surface area contributed by atoms with Gasteiger partial charge in [-0.05, 0) is 19.4 Å². The predicted octanol–water partition coefficient (Wildman–Crippen LogP) is 1.10. The van der Waals surface area contributed by atoms with Gasteiger partial charge >= 0.3 is 5.97 Å². The van der Waals surface area contributed by atoms with Gasteiger partial charge in [0.05, 0.1) is 19.8 Å². The van der Waals surface area contributed by atoms with E-state index in [1.165, 1.54) is 6.08 Å². The quantitative estimate of drug-likeness (QED) is 0.230. The molecule has 0 heterocycles. The molecule has 0 bridgehead atoms. The topological polar surface area (TPSA) is 95.9 Å². The van der Waals surface area contributed by atoms with Gasteiger partial charge in [-0.25, -0.2) is 4.79 Å². The van der Waals surface area contributed by atoms with E-state index in [2.05, 4.69) is 38.0 Å². The van der Waals surface area contributed by atoms with Crippen LogP contribution in [0.4, 0.5) is 0 Å². The fraction of sp³-hybridized carbons (Fsp3) is 0.600. The van der Waals surface area contributed by atoms with Crippen LogP contribution in [-0.2, 0) is 14.3 Å². The third-order valence-corrected chi connectivity index (χ3v) is 2.00. The number of hydrogen-bond donors (Lipinski definition) is 4. The molecule has 0 aromatic rings. The van der Waals surface area contributed by atoms with E-state index < -0.39 is 0 Å². The lowest BCUT2D eigenvalue weighted by Gasteiger charge is -2.01. The van der Waals surface area contributed by atoms with Gasteiger partial charge in [0, 0.05) is 17.9 Å². The number of esters is 1. The molecule has 0 fully saturated rings. The Morgan fingerprint density at radius 3 is 2.18 bits per heavy atom. The first-order chi connectivity index (χ1) is 10.4. The minimum absolute atomic E-state index is 0.125. The summed E-state index contributed by atoms with van der Waals surface area (Å²) in [7, 11) is 0. The fourth-order valence-electron chi connectivity index (χ4n) is 0.684. The lowest BCUT2D eigenvalue weighted by Crippen LogP contribution is -2.22. The average molecular weight is 335 g/mol. The molecule has 0 rings (SSSR count). The normalized spacial score (nSPS) is 8.41. The molecule has 0 saturated carbocycles. The number of hydrogen-bond acceptors (Lipinski definition) is 6. The zero-order chi connectivity index (χ0) is 17.8. The minimum Gasteiger partial charge on any atom is -0.462 e. The van der Waals surface area contributed by atoms with Crippen molar-refractivity contribution in [2.45, 2.75) is 26.7 Å². The van der Waals surface area contributed by atoms with Crippen LogP contribution in [-0.4, -0.2) is 54.2 Å². The molecule has 3 N–H and O–H groups in total. The molecule has 0 radical (unpaired) electrons. The zero-order valence-corrected chi connectivity index (χ0v) is 14.4. The second-order valence-electron chi connectivity index (χ2n) is 3.94. The molecule has 1 amide bonds. The predicted molar refractivity (Wildman–Crippen MR) is 91.9 cm³/mol. The number of amides is 1. The van der Waals surface area contributed by atoms with Crippen molar-refractivity contribution in [3.63, 3.8) is 0 Å². The molecule has 130 valence electrons. The number of carbonyl (C=O) groups is 2. The summed E-state index contributed by atoms with van der Waals surface area (Å²) in [5.41, 5.74) is 0.469. The standard InChI is InChI=1S/C8H14O2.C5H9NOS.C2H6O2/c1-4-5-6-10-8(9)7(2)3;1-2-5(7)6-3-4-8;3-1-2-4/h2,4-6H2,1,3H3;2,8H,1,3-4H2,(H,6,7);3-4H,1-2H2. The molecule has 0 atom stereocenters. The van der Waals surface area contributed by atoms with Crippen molar-refractivity contribution in [3.05, 3.63) is 24.8 Å². The maximum atomic E-state index is 10.7. The lowest BCUT2D eigenvalue weighted by atomic mass is 10.3. The summed E-state index contributed by atoms with van der Waals surface area (Å²) >= 11 is 3.89. The summed E-state index contributed by atoms with van der Waals surface area (Å²) < 4.78 is 4.81. The highest BCUT2D eigenvalue weighted by Gasteiger charge is 2.00. The number of aliphatic hydroxyl groups excluding tert-OH is 2. The van der Waals surface area contributed by atoms with Gasteiger partial charge < -0.3 is 20.3 Å². The Hall–Kier alpha value is -1.31. The smallest absolute Gasteiger partial charge is 0.333 e. The van der Waals surface area contributed by atoms with E-state index in [-0.39, 0.29) is 25.1 Å². The highest BCUT2D eigenvalue weighted by atomic mass is 32.1. The Morgan fingerprint density at radius 1 is 1.32 bits per heavy atom. The summed E-state index contributed by atoms with van der Waals surface area (Å²) in [4.78, 5) is 21.0. The molecule has 22 heavy (non-hydrogen) atoms. The van der Waals surface area contributed by atoms with Crippen molar-refractivity contribution in [2.75, 3.05) is 32.1 Å². The van der Waals surface area contributed by atoms with E-state index in [0.29, 0.717) is 24.5 Å². The molecule has 0 spiro atoms. The lowest BCUT2D eigenvalue weighted by molar-refractivity contribution is -0.139. The average Bonchev–Trinajstić information content (AvgIpc) is 2.53. The number of thiol groups is 1. The maximum absolute atomic E-state index is 10.7. The van der Waals surface area contributed by atoms with Gasteiger partial charge in [0.2, 0.25) is 5.91 Å². The van der Waals surface area contributed by atoms with E-state index in [9.17, 15) is 9.59 Å². The van der Waals surface area contributed by atoms with Crippen molar-refractivity contribution >= 4 is 24.5 Å². The molecule has 0 saturated heterocycles. The second kappa shape index (κ2) is 22.0. The van der Waals surface area contributed by atoms with E-state index in [1.807, 2.05) is 0 Å². The fourth-order valence-corrected chi connectivity index (χ4v) is 0.795. The van der Waals surface area contributed by atoms with Gasteiger partial charge in [0.1, 0.15) is 0 Å². The molecule has 0 aliphatic rings. The Morgan fingerprint density at radius 2 is 1.86 bits per heavy atom. The molecule has 0 aliphatic carbocycles. The largest absolute Gasteiger partial charge is 0.462 e. The van der Waals surface area contributed by atoms with Crippen molar-refractivity contribution in [2.24, 2.45) is 0 Å². The van der Waals surface area contributed by atoms with Gasteiger partial charge in [-0.3, -0.25) is 4.79 Å². The highest BCUT2D eigenvalue weighted by molar-refractivity contribution is 7.80. The third kappa shape index (κ3) is 27.1. The first-order valence-electron chi connectivity index (χ1n) is 6.96. The Labute approximate surface area is 138 Å². The Bertz CT molecular complexity index is 306. The Kier molecular flexibility index (Phi) is 25.6. The van der Waals surface area contributed by atoms with Crippen molar-refractivity contribution in [1.29, 1.82) is 0 Å². The van der Waals surface area contributed by atoms with Crippen molar-refractivity contribution in [3.8, 4) is 0 Å². The van der Waals surface area contributed by atoms with Crippen LogP contribution < -0.4 is 5.32 Å². The van der Waals surface area contributed by atoms with E-state index in [4.69, 9.17) is 14.9 Å². The van der Waals surface area contributed by atoms with E-state index in [1.54, 1.807) is 6.92 Å². The summed E-state index contributed by atoms with van der Waals surface area (Å²) in [6.07, 6.45) is 3.21. The van der Waals surface area contributed by atoms with Crippen LogP contribution in [0.5, 0.6) is 0 Å². The number of nitrogens with one attached hydrogen (secondary N) is 1. The van der Waals surface area contributed by atoms with Crippen LogP contribution in [0, 0.1) is 0 Å². The number of unbranched alkanes of at least 4 members (excludes halogenated alkanes) is 1. The SMILES string of the molecule is C=C(C)C(=O)OCCCC.C=CC(=O)NCCS.OCCO. The molecular weight excluding hydrogens is 306 g/mol. The number of carbonyl (C=O) groups excluding carboxylic acids is 2. The third-order valence-electron chi connectivity index (χ3n) is 1.78. The molecule has 0 unspecified atom stereocenters. The van der Waals surface area contributed by atoms with Gasteiger partial charge in [-0.2, -0.15) is 12.6 Å². The van der Waals surface area contributed by atoms with E-state index in [0.717, 1.165) is 12.8 Å². The first-order valence-corrected chi connectivity index (χ1v) is 7.59. The highest BCUT2D eigenvalue weighted by Crippen LogP contribution is 1.94. The van der Waals surface area contributed by atoms with Gasteiger partial charge in [0.25, 0.3) is 0 Å². The van der Waals surface area contributed by atoms with Gasteiger partial charge in [0.15, 0.2) is 0 Å². The molecule has 0 aromatic heterocycles. The maximum Gasteiger partial charge on any atom is 0.333 e. The van der Waals surface area contributed by atoms with E-state index >= 15 is 0 Å². The van der Waals surface area contributed by atoms with Crippen molar-refractivity contribution in [1.82, 2.24) is 5.32 Å². The Balaban J connectivity index is -0.000000269. The number of ether oxygens (including phenoxy) is 1. The summed E-state index contributed by atoms with van der Waals surface area (Å²) in [6, 6.07) is 0. The van der Waals surface area contributed by atoms with Gasteiger partial charge in [-0.1, -0.05) is 26.5 Å². The van der Waals surface area contributed by atoms with Crippen LogP contribution in [0.1, 0.15) is 26.7 Å². The number of aliphatic hydroxyl groups is 2. The second-order valence-corrected chi connectivity index (χ2v) is 4.38. The molecule has 7 heteroatoms. The summed E-state index contributed by atoms with van der Waals surface area (Å²) in [5.74, 6) is 0.243. The molecular formula is C15H29NO5S. The molecule has 0 aromatic carbocycles. The van der Waals surface area contributed by atoms with Crippen LogP contribution in [0.2, 0.25) is 0 Å². The zero-order valence-electron chi connectivity index (χ0n) is 13.5. The van der Waals surface area contributed by atoms with Crippen LogP contribution in [0.3, 0.4) is 0 Å². The first kappa shape index (κ1) is 25.6. The number of rotatable bonds is 8. The van der Waals surface area contributed by atoms with Crippen molar-refractivity contribution < 1.29 is 24.5 Å². The molecule has 0 aliphatic heterocycles.